The van der Waals surface area contributed by atoms with Crippen LogP contribution in [0.4, 0.5) is 0 Å². The molecule has 2 aromatic heterocycles. The highest BCUT2D eigenvalue weighted by molar-refractivity contribution is 5.95. The maximum absolute atomic E-state index is 14.6. The molecule has 6 heterocycles. The Labute approximate surface area is 382 Å². The van der Waals surface area contributed by atoms with Crippen molar-refractivity contribution in [3.8, 4) is 22.4 Å². The van der Waals surface area contributed by atoms with E-state index in [4.69, 9.17) is 19.3 Å². The van der Waals surface area contributed by atoms with Crippen LogP contribution in [0, 0.1) is 15.7 Å². The Balaban J connectivity index is 1.11. The summed E-state index contributed by atoms with van der Waals surface area (Å²) in [7, 11) is 1.70. The molecular formula is C51H66N7O7+. The highest BCUT2D eigenvalue weighted by Crippen LogP contribution is 2.44. The molecule has 1 spiro atoms. The van der Waals surface area contributed by atoms with Crippen LogP contribution < -0.4 is 10.7 Å². The average molecular weight is 889 g/mol. The normalized spacial score (nSPS) is 22.5. The van der Waals surface area contributed by atoms with Crippen LogP contribution in [0.1, 0.15) is 103 Å². The quantitative estimate of drug-likeness (QED) is 0.154. The molecule has 3 fully saturated rings. The number of ether oxygens (including phenoxy) is 2. The number of carbonyl (C=O) groups is 3. The van der Waals surface area contributed by atoms with E-state index in [0.717, 1.165) is 69.5 Å². The van der Waals surface area contributed by atoms with Crippen molar-refractivity contribution < 1.29 is 33.6 Å². The number of pyridine rings is 1. The van der Waals surface area contributed by atoms with Gasteiger partial charge in [-0.05, 0) is 104 Å². The van der Waals surface area contributed by atoms with Crippen LogP contribution in [0.5, 0.6) is 0 Å². The van der Waals surface area contributed by atoms with E-state index in [0.29, 0.717) is 50.2 Å². The lowest BCUT2D eigenvalue weighted by Crippen LogP contribution is -2.63. The maximum Gasteiger partial charge on any atom is 0.326 e. The molecule has 2 N–H and O–H groups in total. The lowest BCUT2D eigenvalue weighted by Gasteiger charge is -2.47. The van der Waals surface area contributed by atoms with Gasteiger partial charge in [-0.1, -0.05) is 64.6 Å². The van der Waals surface area contributed by atoms with Gasteiger partial charge in [0.05, 0.1) is 41.6 Å². The van der Waals surface area contributed by atoms with Gasteiger partial charge in [-0.25, -0.2) is 4.84 Å². The van der Waals surface area contributed by atoms with Crippen molar-refractivity contribution in [3.05, 3.63) is 95.2 Å². The second-order valence-electron chi connectivity index (χ2n) is 20.2. The summed E-state index contributed by atoms with van der Waals surface area (Å²) in [5, 5.41) is 5.71. The average Bonchev–Trinajstić information content (AvgIpc) is 3.84. The van der Waals surface area contributed by atoms with Gasteiger partial charge in [0, 0.05) is 67.5 Å². The van der Waals surface area contributed by atoms with Crippen LogP contribution in [0.3, 0.4) is 0 Å². The van der Waals surface area contributed by atoms with Crippen LogP contribution in [-0.2, 0) is 48.1 Å². The van der Waals surface area contributed by atoms with E-state index >= 15 is 0 Å². The molecule has 6 bridgehead atoms. The third kappa shape index (κ3) is 9.76. The summed E-state index contributed by atoms with van der Waals surface area (Å²) in [6.07, 6.45) is 6.54. The van der Waals surface area contributed by atoms with Gasteiger partial charge in [0.2, 0.25) is 16.7 Å². The molecule has 2 aromatic carbocycles. The number of benzene rings is 2. The smallest absolute Gasteiger partial charge is 0.326 e. The van der Waals surface area contributed by atoms with Crippen LogP contribution in [0.25, 0.3) is 33.3 Å². The summed E-state index contributed by atoms with van der Waals surface area (Å²) >= 11 is 0. The molecule has 4 atom stereocenters. The minimum Gasteiger partial charge on any atom is -0.375 e. The number of methoxy groups -OCH3 is 1. The third-order valence-electron chi connectivity index (χ3n) is 13.8. The number of aryl methyl sites for hydroxylation is 1. The summed E-state index contributed by atoms with van der Waals surface area (Å²) in [6.45, 7) is 18.4. The predicted molar refractivity (Wildman–Crippen MR) is 249 cm³/mol. The number of carbonyl (C=O) groups excluding carboxylic acids is 3. The van der Waals surface area contributed by atoms with Gasteiger partial charge >= 0.3 is 6.17 Å². The Bertz CT molecular complexity index is 2470. The Hall–Kier alpha value is -5.44. The second-order valence-corrected chi connectivity index (χ2v) is 20.2. The molecule has 3 saturated heterocycles. The van der Waals surface area contributed by atoms with Gasteiger partial charge in [0.15, 0.2) is 6.61 Å². The highest BCUT2D eigenvalue weighted by Gasteiger charge is 2.51. The minimum absolute atomic E-state index is 0.0359. The molecule has 4 aliphatic heterocycles. The van der Waals surface area contributed by atoms with Crippen molar-refractivity contribution in [1.29, 1.82) is 0 Å². The number of hydrazine groups is 1. The molecule has 14 heteroatoms. The number of aromatic nitrogens is 2. The molecule has 3 amide bonds. The van der Waals surface area contributed by atoms with E-state index in [1.54, 1.807) is 18.2 Å². The van der Waals surface area contributed by atoms with E-state index in [9.17, 15) is 19.3 Å². The molecule has 65 heavy (non-hydrogen) atoms. The lowest BCUT2D eigenvalue weighted by atomic mass is 9.82. The van der Waals surface area contributed by atoms with Crippen LogP contribution in [-0.4, -0.2) is 99.4 Å². The highest BCUT2D eigenvalue weighted by atomic mass is 16.8. The monoisotopic (exact) mass is 889 g/mol. The van der Waals surface area contributed by atoms with Gasteiger partial charge < -0.3 is 24.3 Å². The fourth-order valence-electron chi connectivity index (χ4n) is 10.5. The van der Waals surface area contributed by atoms with Crippen molar-refractivity contribution in [2.75, 3.05) is 33.4 Å². The molecule has 4 aromatic rings. The Kier molecular flexibility index (Phi) is 13.1. The van der Waals surface area contributed by atoms with Crippen molar-refractivity contribution in [3.63, 3.8) is 0 Å². The van der Waals surface area contributed by atoms with Crippen molar-refractivity contribution in [2.24, 2.45) is 10.8 Å². The first-order valence-electron chi connectivity index (χ1n) is 23.3. The summed E-state index contributed by atoms with van der Waals surface area (Å²) < 4.78 is 14.7. The topological polar surface area (TPSA) is 147 Å². The fraction of sp³-hybridized carbons (Fsp3) is 0.529. The molecule has 346 valence electrons. The van der Waals surface area contributed by atoms with Crippen molar-refractivity contribution in [2.45, 2.75) is 129 Å². The zero-order valence-corrected chi connectivity index (χ0v) is 39.2. The molecule has 0 saturated carbocycles. The molecule has 0 radical (unpaired) electrons. The Morgan fingerprint density at radius 3 is 2.66 bits per heavy atom. The third-order valence-corrected chi connectivity index (χ3v) is 13.8. The van der Waals surface area contributed by atoms with Crippen LogP contribution in [0.15, 0.2) is 73.4 Å². The van der Waals surface area contributed by atoms with Crippen LogP contribution >= 0.6 is 0 Å². The molecule has 0 unspecified atom stereocenters. The van der Waals surface area contributed by atoms with E-state index in [-0.39, 0.29) is 55.0 Å². The number of nitrogens with zero attached hydrogens (tertiary/aromatic N) is 5. The van der Waals surface area contributed by atoms with E-state index in [1.165, 1.54) is 11.1 Å². The number of hydrogen-bond acceptors (Lipinski definition) is 9. The van der Waals surface area contributed by atoms with Crippen molar-refractivity contribution >= 4 is 28.6 Å². The van der Waals surface area contributed by atoms with E-state index < -0.39 is 23.0 Å². The first-order valence-corrected chi connectivity index (χ1v) is 23.3. The summed E-state index contributed by atoms with van der Waals surface area (Å²) in [6, 6.07) is 17.9. The first kappa shape index (κ1) is 46.1. The Morgan fingerprint density at radius 2 is 1.91 bits per heavy atom. The number of nitrogens with one attached hydrogen (secondary N) is 2. The van der Waals surface area contributed by atoms with E-state index in [1.807, 2.05) is 25.1 Å². The predicted octanol–water partition coefficient (Wildman–Crippen LogP) is 7.62. The SMILES string of the molecule is C=CC(=O)N1CC2(CC[C@@H](CC(C)(C)CC(=O)N[C@H]3Cc4cccc(c4)-c4ccc5c(c4)c(c(-c4cccnc4[C@H](C)OC)n5CC)CC(C)(C)CO[N+](=O)[C@@H]4CCCN(N4)C3=O)O2)C1. The largest absolute Gasteiger partial charge is 0.375 e. The van der Waals surface area contributed by atoms with Crippen LogP contribution in [0.2, 0.25) is 0 Å². The molecule has 4 aliphatic rings. The number of hydrogen-bond donors (Lipinski definition) is 2. The second kappa shape index (κ2) is 18.4. The van der Waals surface area contributed by atoms with Gasteiger partial charge in [-0.3, -0.25) is 24.4 Å². The summed E-state index contributed by atoms with van der Waals surface area (Å²) in [5.41, 5.74) is 9.95. The van der Waals surface area contributed by atoms with Gasteiger partial charge in [0.1, 0.15) is 11.6 Å². The molecule has 14 nitrogen and oxygen atoms in total. The van der Waals surface area contributed by atoms with Gasteiger partial charge in [-0.15, -0.1) is 0 Å². The maximum atomic E-state index is 14.6. The molecular weight excluding hydrogens is 823 g/mol. The fourth-order valence-corrected chi connectivity index (χ4v) is 10.5. The minimum atomic E-state index is -0.911. The molecule has 8 rings (SSSR count). The zero-order chi connectivity index (χ0) is 46.3. The molecule has 0 aliphatic carbocycles. The lowest BCUT2D eigenvalue weighted by molar-refractivity contribution is -0.835. The summed E-state index contributed by atoms with van der Waals surface area (Å²) in [5.74, 6) is -0.636. The summed E-state index contributed by atoms with van der Waals surface area (Å²) in [4.78, 5) is 67.8. The first-order chi connectivity index (χ1) is 31.0. The zero-order valence-electron chi connectivity index (χ0n) is 39.2. The number of amides is 3. The van der Waals surface area contributed by atoms with Gasteiger partial charge in [0.25, 0.3) is 5.91 Å². The van der Waals surface area contributed by atoms with Gasteiger partial charge in [-0.2, -0.15) is 5.43 Å². The van der Waals surface area contributed by atoms with E-state index in [2.05, 4.69) is 92.9 Å². The standard InChI is InChI=1S/C51H65N7O7/c1-9-45(60)55-30-51(31-55)21-20-37(65-51)27-49(4,5)29-44(59)53-41-25-34-14-11-15-35(24-34)36-18-19-42-39(26-36)40(47(56(42)10-2)38-16-12-22-52-46(38)33(3)63-8)28-50(6,7)32-64-58(62)43-17-13-23-57(54-43)48(41)61/h9,11-12,14-16,18-19,22,24,26,33,37,41,43,54H,1,10,13,17,20-21,23,25,27-32H2,2-8H3/p+1/t33-,37-,41-,43+/m0/s1. The Morgan fingerprint density at radius 1 is 1.12 bits per heavy atom. The number of rotatable bonds is 10. The number of likely N-dealkylation sites (tertiary alicyclic amines) is 1. The van der Waals surface area contributed by atoms with Crippen molar-refractivity contribution in [1.82, 2.24) is 30.2 Å². The number of fused-ring (bicyclic) bond motifs is 6.